The van der Waals surface area contributed by atoms with E-state index in [1.54, 1.807) is 0 Å². The van der Waals surface area contributed by atoms with E-state index in [-0.39, 0.29) is 0 Å². The Hall–Kier alpha value is -1.35. The number of nitrogens with zero attached hydrogens (tertiary/aromatic N) is 2. The minimum atomic E-state index is 0.447. The van der Waals surface area contributed by atoms with Crippen LogP contribution in [0.2, 0.25) is 0 Å². The molecule has 3 heterocycles. The first-order valence-corrected chi connectivity index (χ1v) is 6.45. The standard InChI is InChI=1S/C14H19N3/c1-10-6-5-8-13-16-14(11(2)17(10)13)12-7-3-4-9-15-12/h5-6,8,12,15H,3-4,7,9H2,1-2H3. The molecule has 17 heavy (non-hydrogen) atoms. The highest BCUT2D eigenvalue weighted by Crippen LogP contribution is 2.26. The molecular formula is C14H19N3. The van der Waals surface area contributed by atoms with Gasteiger partial charge in [0.25, 0.3) is 0 Å². The Labute approximate surface area is 102 Å². The fourth-order valence-corrected chi connectivity index (χ4v) is 2.86. The summed E-state index contributed by atoms with van der Waals surface area (Å²) in [5, 5.41) is 3.58. The van der Waals surface area contributed by atoms with Gasteiger partial charge in [-0.2, -0.15) is 0 Å². The zero-order valence-electron chi connectivity index (χ0n) is 10.5. The molecule has 1 aliphatic rings. The Morgan fingerprint density at radius 1 is 1.29 bits per heavy atom. The summed E-state index contributed by atoms with van der Waals surface area (Å²) in [6.45, 7) is 5.44. The van der Waals surface area contributed by atoms with E-state index >= 15 is 0 Å². The van der Waals surface area contributed by atoms with Crippen molar-refractivity contribution in [3.63, 3.8) is 0 Å². The molecule has 0 spiro atoms. The minimum Gasteiger partial charge on any atom is -0.309 e. The van der Waals surface area contributed by atoms with Crippen molar-refractivity contribution in [3.8, 4) is 0 Å². The molecular weight excluding hydrogens is 210 g/mol. The van der Waals surface area contributed by atoms with E-state index < -0.39 is 0 Å². The van der Waals surface area contributed by atoms with Gasteiger partial charge in [-0.05, 0) is 45.4 Å². The molecule has 2 aromatic rings. The van der Waals surface area contributed by atoms with E-state index in [0.717, 1.165) is 12.2 Å². The molecule has 1 N–H and O–H groups in total. The van der Waals surface area contributed by atoms with Crippen LogP contribution in [-0.4, -0.2) is 15.9 Å². The summed E-state index contributed by atoms with van der Waals surface area (Å²) in [6, 6.07) is 6.75. The van der Waals surface area contributed by atoms with Crippen LogP contribution in [0.4, 0.5) is 0 Å². The Kier molecular flexibility index (Phi) is 2.63. The van der Waals surface area contributed by atoms with Crippen LogP contribution in [0.5, 0.6) is 0 Å². The van der Waals surface area contributed by atoms with Crippen molar-refractivity contribution in [1.82, 2.24) is 14.7 Å². The van der Waals surface area contributed by atoms with Crippen LogP contribution >= 0.6 is 0 Å². The zero-order chi connectivity index (χ0) is 11.8. The molecule has 1 fully saturated rings. The van der Waals surface area contributed by atoms with Gasteiger partial charge in [0.2, 0.25) is 0 Å². The first-order valence-electron chi connectivity index (χ1n) is 6.45. The molecule has 3 heteroatoms. The van der Waals surface area contributed by atoms with Crippen LogP contribution in [0.3, 0.4) is 0 Å². The van der Waals surface area contributed by atoms with Crippen molar-refractivity contribution in [2.45, 2.75) is 39.2 Å². The van der Waals surface area contributed by atoms with Gasteiger partial charge in [-0.3, -0.25) is 0 Å². The number of pyridine rings is 1. The Morgan fingerprint density at radius 2 is 2.18 bits per heavy atom. The van der Waals surface area contributed by atoms with Gasteiger partial charge < -0.3 is 9.72 Å². The predicted octanol–water partition coefficient (Wildman–Crippen LogP) is 2.77. The average Bonchev–Trinajstić information content (AvgIpc) is 2.69. The largest absolute Gasteiger partial charge is 0.309 e. The number of fused-ring (bicyclic) bond motifs is 1. The van der Waals surface area contributed by atoms with Crippen molar-refractivity contribution >= 4 is 5.65 Å². The fraction of sp³-hybridized carbons (Fsp3) is 0.500. The lowest BCUT2D eigenvalue weighted by Crippen LogP contribution is -2.27. The molecule has 1 aliphatic heterocycles. The molecule has 0 amide bonds. The van der Waals surface area contributed by atoms with Crippen LogP contribution in [0.15, 0.2) is 18.2 Å². The second-order valence-corrected chi connectivity index (χ2v) is 4.95. The first-order chi connectivity index (χ1) is 8.27. The molecule has 1 atom stereocenters. The SMILES string of the molecule is Cc1cccc2nc(C3CCCCN3)c(C)n12. The number of hydrogen-bond donors (Lipinski definition) is 1. The lowest BCUT2D eigenvalue weighted by molar-refractivity contribution is 0.405. The molecule has 3 rings (SSSR count). The van der Waals surface area contributed by atoms with Gasteiger partial charge in [0.1, 0.15) is 5.65 Å². The highest BCUT2D eigenvalue weighted by atomic mass is 15.1. The lowest BCUT2D eigenvalue weighted by atomic mass is 10.0. The average molecular weight is 229 g/mol. The molecule has 0 saturated carbocycles. The quantitative estimate of drug-likeness (QED) is 0.814. The first kappa shape index (κ1) is 10.8. The Morgan fingerprint density at radius 3 is 2.88 bits per heavy atom. The van der Waals surface area contributed by atoms with Crippen LogP contribution in [-0.2, 0) is 0 Å². The molecule has 3 nitrogen and oxygen atoms in total. The number of piperidine rings is 1. The monoisotopic (exact) mass is 229 g/mol. The van der Waals surface area contributed by atoms with Crippen LogP contribution < -0.4 is 5.32 Å². The molecule has 1 saturated heterocycles. The molecule has 0 radical (unpaired) electrons. The van der Waals surface area contributed by atoms with Crippen molar-refractivity contribution in [3.05, 3.63) is 35.3 Å². The van der Waals surface area contributed by atoms with Crippen molar-refractivity contribution in [2.24, 2.45) is 0 Å². The van der Waals surface area contributed by atoms with Crippen molar-refractivity contribution < 1.29 is 0 Å². The van der Waals surface area contributed by atoms with Gasteiger partial charge in [0, 0.05) is 11.4 Å². The zero-order valence-corrected chi connectivity index (χ0v) is 10.5. The summed E-state index contributed by atoms with van der Waals surface area (Å²) in [7, 11) is 0. The molecule has 0 aliphatic carbocycles. The minimum absolute atomic E-state index is 0.447. The lowest BCUT2D eigenvalue weighted by Gasteiger charge is -2.22. The summed E-state index contributed by atoms with van der Waals surface area (Å²) >= 11 is 0. The predicted molar refractivity (Wildman–Crippen MR) is 69.3 cm³/mol. The smallest absolute Gasteiger partial charge is 0.137 e. The van der Waals surface area contributed by atoms with E-state index in [2.05, 4.69) is 41.8 Å². The normalized spacial score (nSPS) is 20.9. The van der Waals surface area contributed by atoms with Crippen LogP contribution in [0.1, 0.15) is 42.4 Å². The highest BCUT2D eigenvalue weighted by Gasteiger charge is 2.20. The second-order valence-electron chi connectivity index (χ2n) is 4.95. The molecule has 0 bridgehead atoms. The third-order valence-electron chi connectivity index (χ3n) is 3.75. The number of aryl methyl sites for hydroxylation is 2. The topological polar surface area (TPSA) is 29.3 Å². The molecule has 0 aromatic carbocycles. The number of hydrogen-bond acceptors (Lipinski definition) is 2. The number of rotatable bonds is 1. The summed E-state index contributed by atoms with van der Waals surface area (Å²) < 4.78 is 2.26. The Bertz CT molecular complexity index is 536. The van der Waals surface area contributed by atoms with Crippen LogP contribution in [0.25, 0.3) is 5.65 Å². The van der Waals surface area contributed by atoms with Crippen molar-refractivity contribution in [2.75, 3.05) is 6.54 Å². The number of aromatic nitrogens is 2. The van der Waals surface area contributed by atoms with Gasteiger partial charge in [-0.25, -0.2) is 4.98 Å². The summed E-state index contributed by atoms with van der Waals surface area (Å²) in [5.74, 6) is 0. The summed E-state index contributed by atoms with van der Waals surface area (Å²) in [4.78, 5) is 4.80. The molecule has 1 unspecified atom stereocenters. The van der Waals surface area contributed by atoms with Gasteiger partial charge in [0.15, 0.2) is 0 Å². The second kappa shape index (κ2) is 4.15. The van der Waals surface area contributed by atoms with Gasteiger partial charge >= 0.3 is 0 Å². The van der Waals surface area contributed by atoms with Gasteiger partial charge in [0.05, 0.1) is 11.7 Å². The highest BCUT2D eigenvalue weighted by molar-refractivity contribution is 5.45. The van der Waals surface area contributed by atoms with E-state index in [0.29, 0.717) is 6.04 Å². The third-order valence-corrected chi connectivity index (χ3v) is 3.75. The number of nitrogens with one attached hydrogen (secondary N) is 1. The maximum atomic E-state index is 4.80. The summed E-state index contributed by atoms with van der Waals surface area (Å²) in [6.07, 6.45) is 3.82. The van der Waals surface area contributed by atoms with E-state index in [1.165, 1.54) is 36.3 Å². The maximum Gasteiger partial charge on any atom is 0.137 e. The fourth-order valence-electron chi connectivity index (χ4n) is 2.86. The van der Waals surface area contributed by atoms with E-state index in [4.69, 9.17) is 4.98 Å². The van der Waals surface area contributed by atoms with E-state index in [1.807, 2.05) is 0 Å². The molecule has 90 valence electrons. The van der Waals surface area contributed by atoms with Gasteiger partial charge in [-0.15, -0.1) is 0 Å². The third kappa shape index (κ3) is 1.75. The van der Waals surface area contributed by atoms with Crippen molar-refractivity contribution in [1.29, 1.82) is 0 Å². The van der Waals surface area contributed by atoms with E-state index in [9.17, 15) is 0 Å². The maximum absolute atomic E-state index is 4.80. The molecule has 2 aromatic heterocycles. The summed E-state index contributed by atoms with van der Waals surface area (Å²) in [5.41, 5.74) is 4.86. The van der Waals surface area contributed by atoms with Crippen LogP contribution in [0, 0.1) is 13.8 Å². The Balaban J connectivity index is 2.10. The van der Waals surface area contributed by atoms with Gasteiger partial charge in [-0.1, -0.05) is 12.5 Å². The number of imidazole rings is 1.